The summed E-state index contributed by atoms with van der Waals surface area (Å²) in [6.07, 6.45) is 0. The zero-order valence-corrected chi connectivity index (χ0v) is 17.5. The van der Waals surface area contributed by atoms with E-state index in [1.165, 1.54) is 0 Å². The van der Waals surface area contributed by atoms with Gasteiger partial charge in [0.2, 0.25) is 5.91 Å². The van der Waals surface area contributed by atoms with Gasteiger partial charge >= 0.3 is 5.97 Å². The third-order valence-electron chi connectivity index (χ3n) is 4.35. The maximum absolute atomic E-state index is 12.2. The van der Waals surface area contributed by atoms with Crippen molar-refractivity contribution < 1.29 is 23.9 Å². The molecule has 2 aromatic rings. The third-order valence-corrected chi connectivity index (χ3v) is 4.35. The van der Waals surface area contributed by atoms with Gasteiger partial charge in [-0.25, -0.2) is 4.79 Å². The number of hydrogen-bond donors (Lipinski definition) is 1. The average Bonchev–Trinajstić information content (AvgIpc) is 2.66. The van der Waals surface area contributed by atoms with Crippen LogP contribution in [0.2, 0.25) is 0 Å². The van der Waals surface area contributed by atoms with Crippen molar-refractivity contribution in [2.45, 2.75) is 34.6 Å². The highest BCUT2D eigenvalue weighted by atomic mass is 16.6. The fourth-order valence-electron chi connectivity index (χ4n) is 2.28. The van der Waals surface area contributed by atoms with Crippen molar-refractivity contribution in [2.24, 2.45) is 5.41 Å². The molecule has 0 bridgehead atoms. The van der Waals surface area contributed by atoms with Crippen LogP contribution in [0.1, 0.15) is 42.3 Å². The van der Waals surface area contributed by atoms with Crippen molar-refractivity contribution in [3.63, 3.8) is 0 Å². The standard InChI is InChI=1S/C23H27NO5/c1-15-6-11-19(12-16(15)2)28-14-21(26)29-13-20(25)17-7-9-18(10-8-17)24-22(27)23(3,4)5/h6-12H,13-14H2,1-5H3,(H,24,27). The Kier molecular flexibility index (Phi) is 7.15. The largest absolute Gasteiger partial charge is 0.482 e. The van der Waals surface area contributed by atoms with Gasteiger partial charge in [0.25, 0.3) is 0 Å². The van der Waals surface area contributed by atoms with Gasteiger partial charge in [0.15, 0.2) is 19.0 Å². The Morgan fingerprint density at radius 3 is 2.14 bits per heavy atom. The number of carbonyl (C=O) groups excluding carboxylic acids is 3. The van der Waals surface area contributed by atoms with E-state index in [4.69, 9.17) is 9.47 Å². The fraction of sp³-hybridized carbons (Fsp3) is 0.348. The van der Waals surface area contributed by atoms with E-state index in [0.717, 1.165) is 11.1 Å². The Bertz CT molecular complexity index is 894. The number of Topliss-reactive ketones (excluding diaryl/α,β-unsaturated/α-hetero) is 1. The Hall–Kier alpha value is -3.15. The zero-order chi connectivity index (χ0) is 21.6. The van der Waals surface area contributed by atoms with Crippen molar-refractivity contribution in [3.8, 4) is 5.75 Å². The van der Waals surface area contributed by atoms with Crippen LogP contribution in [0.4, 0.5) is 5.69 Å². The summed E-state index contributed by atoms with van der Waals surface area (Å²) >= 11 is 0. The molecule has 0 atom stereocenters. The number of carbonyl (C=O) groups is 3. The first-order chi connectivity index (χ1) is 13.6. The lowest BCUT2D eigenvalue weighted by Gasteiger charge is -2.17. The average molecular weight is 397 g/mol. The Morgan fingerprint density at radius 1 is 0.897 bits per heavy atom. The zero-order valence-electron chi connectivity index (χ0n) is 17.5. The molecule has 0 saturated heterocycles. The molecule has 2 rings (SSSR count). The lowest BCUT2D eigenvalue weighted by Crippen LogP contribution is -2.27. The number of ether oxygens (including phenoxy) is 2. The molecule has 0 aromatic heterocycles. The van der Waals surface area contributed by atoms with E-state index in [2.05, 4.69) is 5.32 Å². The summed E-state index contributed by atoms with van der Waals surface area (Å²) in [4.78, 5) is 36.0. The molecule has 0 aliphatic carbocycles. The molecule has 0 spiro atoms. The molecule has 6 heteroatoms. The summed E-state index contributed by atoms with van der Waals surface area (Å²) in [5, 5.41) is 2.79. The summed E-state index contributed by atoms with van der Waals surface area (Å²) in [5.41, 5.74) is 2.67. The van der Waals surface area contributed by atoms with Crippen molar-refractivity contribution in [1.29, 1.82) is 0 Å². The second-order valence-corrected chi connectivity index (χ2v) is 7.90. The van der Waals surface area contributed by atoms with E-state index < -0.39 is 11.4 Å². The van der Waals surface area contributed by atoms with E-state index in [-0.39, 0.29) is 24.9 Å². The predicted molar refractivity (Wildman–Crippen MR) is 111 cm³/mol. The topological polar surface area (TPSA) is 81.7 Å². The molecular formula is C23H27NO5. The smallest absolute Gasteiger partial charge is 0.344 e. The minimum absolute atomic E-state index is 0.116. The van der Waals surface area contributed by atoms with Gasteiger partial charge in [-0.05, 0) is 61.4 Å². The van der Waals surface area contributed by atoms with E-state index in [9.17, 15) is 14.4 Å². The molecular weight excluding hydrogens is 370 g/mol. The number of aryl methyl sites for hydroxylation is 2. The third kappa shape index (κ3) is 6.75. The summed E-state index contributed by atoms with van der Waals surface area (Å²) in [6, 6.07) is 12.0. The van der Waals surface area contributed by atoms with Gasteiger partial charge in [0.05, 0.1) is 0 Å². The fourth-order valence-corrected chi connectivity index (χ4v) is 2.28. The minimum Gasteiger partial charge on any atom is -0.482 e. The van der Waals surface area contributed by atoms with Gasteiger partial charge in [-0.1, -0.05) is 26.8 Å². The second kappa shape index (κ2) is 9.37. The van der Waals surface area contributed by atoms with Crippen LogP contribution in [-0.4, -0.2) is 30.9 Å². The first-order valence-electron chi connectivity index (χ1n) is 9.36. The summed E-state index contributed by atoms with van der Waals surface area (Å²) in [5.74, 6) is -0.498. The Morgan fingerprint density at radius 2 is 1.55 bits per heavy atom. The maximum Gasteiger partial charge on any atom is 0.344 e. The molecule has 6 nitrogen and oxygen atoms in total. The number of hydrogen-bond acceptors (Lipinski definition) is 5. The van der Waals surface area contributed by atoms with Gasteiger partial charge in [-0.15, -0.1) is 0 Å². The lowest BCUT2D eigenvalue weighted by atomic mass is 9.95. The quantitative estimate of drug-likeness (QED) is 0.562. The highest BCUT2D eigenvalue weighted by molar-refractivity contribution is 5.99. The highest BCUT2D eigenvalue weighted by Gasteiger charge is 2.21. The monoisotopic (exact) mass is 397 g/mol. The van der Waals surface area contributed by atoms with Gasteiger partial charge in [-0.2, -0.15) is 0 Å². The molecule has 0 aliphatic heterocycles. The van der Waals surface area contributed by atoms with Crippen LogP contribution >= 0.6 is 0 Å². The normalized spacial score (nSPS) is 10.9. The van der Waals surface area contributed by atoms with Crippen molar-refractivity contribution >= 4 is 23.3 Å². The van der Waals surface area contributed by atoms with E-state index >= 15 is 0 Å². The molecule has 1 amide bonds. The lowest BCUT2D eigenvalue weighted by molar-refractivity contribution is -0.144. The van der Waals surface area contributed by atoms with E-state index in [1.54, 1.807) is 30.3 Å². The Labute approximate surface area is 171 Å². The second-order valence-electron chi connectivity index (χ2n) is 7.90. The number of benzene rings is 2. The number of amides is 1. The number of esters is 1. The van der Waals surface area contributed by atoms with Crippen LogP contribution in [0.3, 0.4) is 0 Å². The van der Waals surface area contributed by atoms with Crippen LogP contribution < -0.4 is 10.1 Å². The number of anilines is 1. The molecule has 0 heterocycles. The molecule has 0 radical (unpaired) electrons. The highest BCUT2D eigenvalue weighted by Crippen LogP contribution is 2.18. The van der Waals surface area contributed by atoms with E-state index in [1.807, 2.05) is 46.8 Å². The van der Waals surface area contributed by atoms with Crippen molar-refractivity contribution in [2.75, 3.05) is 18.5 Å². The van der Waals surface area contributed by atoms with Crippen LogP contribution in [-0.2, 0) is 14.3 Å². The van der Waals surface area contributed by atoms with Crippen LogP contribution in [0, 0.1) is 19.3 Å². The molecule has 1 N–H and O–H groups in total. The molecule has 0 aliphatic rings. The molecule has 0 unspecified atom stereocenters. The Balaban J connectivity index is 1.81. The summed E-state index contributed by atoms with van der Waals surface area (Å²) in [7, 11) is 0. The van der Waals surface area contributed by atoms with Gasteiger partial charge < -0.3 is 14.8 Å². The number of ketones is 1. The minimum atomic E-state index is -0.620. The number of rotatable bonds is 7. The van der Waals surface area contributed by atoms with Crippen molar-refractivity contribution in [3.05, 3.63) is 59.2 Å². The molecule has 154 valence electrons. The molecule has 0 fully saturated rings. The van der Waals surface area contributed by atoms with Crippen LogP contribution in [0.15, 0.2) is 42.5 Å². The molecule has 0 saturated carbocycles. The van der Waals surface area contributed by atoms with Gasteiger partial charge in [-0.3, -0.25) is 9.59 Å². The summed E-state index contributed by atoms with van der Waals surface area (Å²) in [6.45, 7) is 8.76. The first kappa shape index (κ1) is 22.1. The SMILES string of the molecule is Cc1ccc(OCC(=O)OCC(=O)c2ccc(NC(=O)C(C)(C)C)cc2)cc1C. The summed E-state index contributed by atoms with van der Waals surface area (Å²) < 4.78 is 10.4. The van der Waals surface area contributed by atoms with Crippen molar-refractivity contribution in [1.82, 2.24) is 0 Å². The molecule has 2 aromatic carbocycles. The van der Waals surface area contributed by atoms with Gasteiger partial charge in [0.1, 0.15) is 5.75 Å². The maximum atomic E-state index is 12.2. The number of nitrogens with one attached hydrogen (secondary N) is 1. The van der Waals surface area contributed by atoms with E-state index in [0.29, 0.717) is 17.0 Å². The first-order valence-corrected chi connectivity index (χ1v) is 9.36. The van der Waals surface area contributed by atoms with Crippen LogP contribution in [0.25, 0.3) is 0 Å². The van der Waals surface area contributed by atoms with Crippen LogP contribution in [0.5, 0.6) is 5.75 Å². The molecule has 29 heavy (non-hydrogen) atoms. The van der Waals surface area contributed by atoms with Gasteiger partial charge in [0, 0.05) is 16.7 Å². The predicted octanol–water partition coefficient (Wildman–Crippen LogP) is 4.09.